The zero-order valence-corrected chi connectivity index (χ0v) is 16.7. The summed E-state index contributed by atoms with van der Waals surface area (Å²) >= 11 is 0. The van der Waals surface area contributed by atoms with Crippen LogP contribution in [0.15, 0.2) is 4.99 Å². The van der Waals surface area contributed by atoms with Crippen LogP contribution in [-0.4, -0.2) is 62.0 Å². The highest BCUT2D eigenvalue weighted by Crippen LogP contribution is 2.21. The summed E-state index contributed by atoms with van der Waals surface area (Å²) in [7, 11) is 0. The zero-order chi connectivity index (χ0) is 15.2. The van der Waals surface area contributed by atoms with E-state index < -0.39 is 0 Å². The van der Waals surface area contributed by atoms with E-state index in [0.717, 1.165) is 58.1 Å². The number of halogens is 1. The van der Waals surface area contributed by atoms with Crippen LogP contribution in [0.4, 0.5) is 0 Å². The van der Waals surface area contributed by atoms with Crippen molar-refractivity contribution in [3.8, 4) is 0 Å². The number of hydrogen-bond acceptors (Lipinski definition) is 3. The molecule has 0 aromatic carbocycles. The van der Waals surface area contributed by atoms with E-state index in [0.29, 0.717) is 18.2 Å². The first-order valence-electron chi connectivity index (χ1n) is 9.14. The van der Waals surface area contributed by atoms with Gasteiger partial charge in [0.2, 0.25) is 0 Å². The summed E-state index contributed by atoms with van der Waals surface area (Å²) in [5, 5.41) is 3.58. The molecule has 0 bridgehead atoms. The number of aliphatic imine (C=N–C) groups is 1. The second-order valence-corrected chi connectivity index (χ2v) is 6.72. The quantitative estimate of drug-likeness (QED) is 0.408. The lowest BCUT2D eigenvalue weighted by atomic mass is 10.1. The zero-order valence-electron chi connectivity index (χ0n) is 14.3. The molecule has 1 saturated carbocycles. The van der Waals surface area contributed by atoms with E-state index >= 15 is 0 Å². The van der Waals surface area contributed by atoms with Crippen molar-refractivity contribution >= 4 is 29.9 Å². The maximum atomic E-state index is 6.09. The lowest BCUT2D eigenvalue weighted by molar-refractivity contribution is -0.0721. The normalized spacial score (nSPS) is 26.7. The van der Waals surface area contributed by atoms with Crippen molar-refractivity contribution in [2.45, 2.75) is 70.1 Å². The number of likely N-dealkylation sites (tertiary alicyclic amines) is 1. The van der Waals surface area contributed by atoms with Gasteiger partial charge >= 0.3 is 0 Å². The molecule has 2 saturated heterocycles. The summed E-state index contributed by atoms with van der Waals surface area (Å²) in [6.45, 7) is 6.75. The van der Waals surface area contributed by atoms with Gasteiger partial charge in [-0.25, -0.2) is 0 Å². The fourth-order valence-electron chi connectivity index (χ4n) is 3.21. The van der Waals surface area contributed by atoms with Gasteiger partial charge in [0.25, 0.3) is 0 Å². The minimum atomic E-state index is 0. The molecule has 23 heavy (non-hydrogen) atoms. The topological polar surface area (TPSA) is 46.1 Å². The molecule has 0 aromatic heterocycles. The van der Waals surface area contributed by atoms with Crippen molar-refractivity contribution in [2.75, 3.05) is 32.8 Å². The highest BCUT2D eigenvalue weighted by molar-refractivity contribution is 14.0. The fourth-order valence-corrected chi connectivity index (χ4v) is 3.21. The summed E-state index contributed by atoms with van der Waals surface area (Å²) in [6.07, 6.45) is 9.18. The Hall–Kier alpha value is -0.0800. The Morgan fingerprint density at radius 1 is 1.17 bits per heavy atom. The molecule has 0 spiro atoms. The van der Waals surface area contributed by atoms with Crippen molar-refractivity contribution < 1.29 is 9.47 Å². The van der Waals surface area contributed by atoms with Gasteiger partial charge < -0.3 is 19.7 Å². The smallest absolute Gasteiger partial charge is 0.194 e. The third-order valence-electron chi connectivity index (χ3n) is 4.75. The second-order valence-electron chi connectivity index (χ2n) is 6.72. The van der Waals surface area contributed by atoms with Gasteiger partial charge in [0.15, 0.2) is 5.96 Å². The van der Waals surface area contributed by atoms with E-state index in [-0.39, 0.29) is 24.0 Å². The Balaban J connectivity index is 0.00000192. The first kappa shape index (κ1) is 19.2. The van der Waals surface area contributed by atoms with E-state index in [2.05, 4.69) is 22.1 Å². The minimum absolute atomic E-state index is 0. The van der Waals surface area contributed by atoms with Crippen molar-refractivity contribution in [1.29, 1.82) is 0 Å². The minimum Gasteiger partial charge on any atom is -0.376 e. The molecule has 1 unspecified atom stereocenters. The van der Waals surface area contributed by atoms with Crippen LogP contribution in [0.3, 0.4) is 0 Å². The predicted molar refractivity (Wildman–Crippen MR) is 104 cm³/mol. The number of piperidine rings is 1. The average molecular weight is 437 g/mol. The summed E-state index contributed by atoms with van der Waals surface area (Å²) in [6, 6.07) is 0.669. The average Bonchev–Trinajstić information content (AvgIpc) is 3.38. The Kier molecular flexibility index (Phi) is 8.40. The molecule has 0 radical (unpaired) electrons. The van der Waals surface area contributed by atoms with E-state index in [9.17, 15) is 0 Å². The Bertz CT molecular complexity index is 363. The molecule has 1 aliphatic carbocycles. The van der Waals surface area contributed by atoms with Crippen molar-refractivity contribution in [3.05, 3.63) is 0 Å². The third kappa shape index (κ3) is 6.38. The van der Waals surface area contributed by atoms with Crippen LogP contribution in [-0.2, 0) is 9.47 Å². The van der Waals surface area contributed by atoms with Gasteiger partial charge in [-0.05, 0) is 51.9 Å². The van der Waals surface area contributed by atoms with Gasteiger partial charge in [0, 0.05) is 32.3 Å². The number of ether oxygens (including phenoxy) is 2. The van der Waals surface area contributed by atoms with Crippen LogP contribution in [0.2, 0.25) is 0 Å². The number of hydrogen-bond donors (Lipinski definition) is 1. The molecule has 3 aliphatic rings. The van der Waals surface area contributed by atoms with Crippen LogP contribution >= 0.6 is 24.0 Å². The van der Waals surface area contributed by atoms with Crippen molar-refractivity contribution in [2.24, 2.45) is 4.99 Å². The van der Waals surface area contributed by atoms with Gasteiger partial charge in [-0.3, -0.25) is 4.99 Å². The molecule has 5 nitrogen and oxygen atoms in total. The van der Waals surface area contributed by atoms with Gasteiger partial charge in [-0.1, -0.05) is 0 Å². The number of rotatable bonds is 5. The van der Waals surface area contributed by atoms with Crippen LogP contribution in [0, 0.1) is 0 Å². The van der Waals surface area contributed by atoms with E-state index in [4.69, 9.17) is 9.47 Å². The maximum Gasteiger partial charge on any atom is 0.194 e. The van der Waals surface area contributed by atoms with Crippen LogP contribution in [0.5, 0.6) is 0 Å². The molecule has 3 fully saturated rings. The van der Waals surface area contributed by atoms with Gasteiger partial charge in [0.05, 0.1) is 18.8 Å². The monoisotopic (exact) mass is 437 g/mol. The fraction of sp³-hybridized carbons (Fsp3) is 0.941. The van der Waals surface area contributed by atoms with Crippen LogP contribution in [0.1, 0.15) is 51.9 Å². The molecule has 6 heteroatoms. The van der Waals surface area contributed by atoms with E-state index in [1.165, 1.54) is 25.7 Å². The largest absolute Gasteiger partial charge is 0.376 e. The first-order chi connectivity index (χ1) is 10.8. The highest BCUT2D eigenvalue weighted by Gasteiger charge is 2.27. The maximum absolute atomic E-state index is 6.09. The SMILES string of the molecule is CCN=C(NC1CC1)N1CCC(OCC2CCCCO2)CC1.I. The predicted octanol–water partition coefficient (Wildman–Crippen LogP) is 2.78. The molecular formula is C17H32IN3O2. The molecule has 134 valence electrons. The highest BCUT2D eigenvalue weighted by atomic mass is 127. The Labute approximate surface area is 157 Å². The van der Waals surface area contributed by atoms with Crippen molar-refractivity contribution in [3.63, 3.8) is 0 Å². The van der Waals surface area contributed by atoms with Gasteiger partial charge in [0.1, 0.15) is 0 Å². The lowest BCUT2D eigenvalue weighted by Crippen LogP contribution is -2.48. The number of nitrogens with one attached hydrogen (secondary N) is 1. The summed E-state index contributed by atoms with van der Waals surface area (Å²) in [5.74, 6) is 1.11. The molecule has 2 heterocycles. The summed E-state index contributed by atoms with van der Waals surface area (Å²) in [5.41, 5.74) is 0. The molecule has 0 aromatic rings. The van der Waals surface area contributed by atoms with Crippen LogP contribution in [0.25, 0.3) is 0 Å². The van der Waals surface area contributed by atoms with E-state index in [1.54, 1.807) is 0 Å². The van der Waals surface area contributed by atoms with Crippen molar-refractivity contribution in [1.82, 2.24) is 10.2 Å². The standard InChI is InChI=1S/C17H31N3O2.HI/c1-2-18-17(19-14-6-7-14)20-10-8-15(9-11-20)22-13-16-5-3-4-12-21-16;/h14-16H,2-13H2,1H3,(H,18,19);1H. The Morgan fingerprint density at radius 3 is 2.57 bits per heavy atom. The third-order valence-corrected chi connectivity index (χ3v) is 4.75. The molecular weight excluding hydrogens is 405 g/mol. The van der Waals surface area contributed by atoms with Gasteiger partial charge in [-0.15, -0.1) is 24.0 Å². The molecule has 1 atom stereocenters. The lowest BCUT2D eigenvalue weighted by Gasteiger charge is -2.35. The second kappa shape index (κ2) is 10.0. The molecule has 2 aliphatic heterocycles. The summed E-state index contributed by atoms with van der Waals surface area (Å²) < 4.78 is 11.8. The van der Waals surface area contributed by atoms with Gasteiger partial charge in [-0.2, -0.15) is 0 Å². The molecule has 1 N–H and O–H groups in total. The number of guanidine groups is 1. The molecule has 3 rings (SSSR count). The van der Waals surface area contributed by atoms with E-state index in [1.807, 2.05) is 0 Å². The first-order valence-corrected chi connectivity index (χ1v) is 9.14. The summed E-state index contributed by atoms with van der Waals surface area (Å²) in [4.78, 5) is 7.04. The Morgan fingerprint density at radius 2 is 1.96 bits per heavy atom. The van der Waals surface area contributed by atoms with Crippen LogP contribution < -0.4 is 5.32 Å². The molecule has 0 amide bonds. The number of nitrogens with zero attached hydrogens (tertiary/aromatic N) is 2.